The van der Waals surface area contributed by atoms with Crippen molar-refractivity contribution in [1.29, 1.82) is 0 Å². The van der Waals surface area contributed by atoms with Crippen LogP contribution in [0.4, 0.5) is 0 Å². The highest BCUT2D eigenvalue weighted by Crippen LogP contribution is 2.18. The molecule has 2 aromatic carbocycles. The highest BCUT2D eigenvalue weighted by Gasteiger charge is 2.16. The van der Waals surface area contributed by atoms with Crippen molar-refractivity contribution in [2.75, 3.05) is 7.11 Å². The molecule has 2 heterocycles. The van der Waals surface area contributed by atoms with Gasteiger partial charge in [-0.2, -0.15) is 0 Å². The summed E-state index contributed by atoms with van der Waals surface area (Å²) in [7, 11) is 1.61. The lowest BCUT2D eigenvalue weighted by Crippen LogP contribution is -2.28. The van der Waals surface area contributed by atoms with Crippen LogP contribution in [0.15, 0.2) is 47.3 Å². The third-order valence-corrected chi connectivity index (χ3v) is 4.96. The number of nitrogens with one attached hydrogen (secondary N) is 1. The van der Waals surface area contributed by atoms with Crippen LogP contribution in [0.2, 0.25) is 0 Å². The lowest BCUT2D eigenvalue weighted by atomic mass is 10.1. The Morgan fingerprint density at radius 2 is 2.07 bits per heavy atom. The number of aryl methyl sites for hydroxylation is 1. The number of rotatable bonds is 4. The third kappa shape index (κ3) is 3.30. The summed E-state index contributed by atoms with van der Waals surface area (Å²) in [5.41, 5.74) is 1.96. The number of ether oxygens (including phenoxy) is 1. The molecular weight excluding hydrogens is 342 g/mol. The molecule has 3 aromatic rings. The van der Waals surface area contributed by atoms with E-state index in [1.807, 2.05) is 24.3 Å². The molecule has 0 bridgehead atoms. The molecule has 1 amide bonds. The summed E-state index contributed by atoms with van der Waals surface area (Å²) in [4.78, 5) is 29.8. The van der Waals surface area contributed by atoms with Crippen LogP contribution in [0, 0.1) is 0 Å². The van der Waals surface area contributed by atoms with Crippen LogP contribution < -0.4 is 15.6 Å². The quantitative estimate of drug-likeness (QED) is 0.773. The maximum absolute atomic E-state index is 12.6. The first kappa shape index (κ1) is 17.3. The van der Waals surface area contributed by atoms with Crippen LogP contribution in [-0.2, 0) is 19.5 Å². The molecule has 0 fully saturated rings. The molecule has 1 aliphatic heterocycles. The number of fused-ring (bicyclic) bond motifs is 2. The summed E-state index contributed by atoms with van der Waals surface area (Å²) in [5.74, 6) is 1.34. The van der Waals surface area contributed by atoms with E-state index in [1.54, 1.807) is 29.9 Å². The molecule has 1 aliphatic rings. The van der Waals surface area contributed by atoms with E-state index in [0.717, 1.165) is 42.9 Å². The first-order valence-corrected chi connectivity index (χ1v) is 9.11. The molecule has 0 radical (unpaired) electrons. The van der Waals surface area contributed by atoms with E-state index in [4.69, 9.17) is 4.74 Å². The first-order valence-electron chi connectivity index (χ1n) is 9.11. The zero-order chi connectivity index (χ0) is 18.8. The average molecular weight is 363 g/mol. The molecule has 0 saturated carbocycles. The highest BCUT2D eigenvalue weighted by molar-refractivity contribution is 5.97. The van der Waals surface area contributed by atoms with Crippen molar-refractivity contribution in [2.45, 2.75) is 32.4 Å². The summed E-state index contributed by atoms with van der Waals surface area (Å²) in [6.45, 7) is 1.08. The van der Waals surface area contributed by atoms with Gasteiger partial charge in [0.1, 0.15) is 11.6 Å². The number of para-hydroxylation sites is 1. The van der Waals surface area contributed by atoms with Gasteiger partial charge in [0.25, 0.3) is 11.5 Å². The van der Waals surface area contributed by atoms with E-state index in [1.165, 1.54) is 0 Å². The third-order valence-electron chi connectivity index (χ3n) is 4.96. The molecule has 0 spiro atoms. The number of aromatic nitrogens is 2. The number of nitrogens with zero attached hydrogens (tertiary/aromatic N) is 2. The van der Waals surface area contributed by atoms with E-state index in [-0.39, 0.29) is 11.5 Å². The topological polar surface area (TPSA) is 73.2 Å². The lowest BCUT2D eigenvalue weighted by Gasteiger charge is -2.17. The van der Waals surface area contributed by atoms with Gasteiger partial charge in [0.2, 0.25) is 0 Å². The molecule has 0 atom stereocenters. The van der Waals surface area contributed by atoms with Crippen molar-refractivity contribution in [3.8, 4) is 5.75 Å². The lowest BCUT2D eigenvalue weighted by molar-refractivity contribution is 0.0951. The summed E-state index contributed by atoms with van der Waals surface area (Å²) < 4.78 is 7.07. The number of methoxy groups -OCH3 is 1. The van der Waals surface area contributed by atoms with Crippen molar-refractivity contribution in [3.63, 3.8) is 0 Å². The molecule has 6 heteroatoms. The molecule has 1 N–H and O–H groups in total. The van der Waals surface area contributed by atoms with Crippen molar-refractivity contribution >= 4 is 16.8 Å². The Balaban J connectivity index is 1.60. The number of carbonyl (C=O) groups excluding carboxylic acids is 1. The fourth-order valence-electron chi connectivity index (χ4n) is 3.51. The monoisotopic (exact) mass is 363 g/mol. The second-order valence-corrected chi connectivity index (χ2v) is 6.67. The zero-order valence-corrected chi connectivity index (χ0v) is 15.2. The molecule has 0 unspecified atom stereocenters. The van der Waals surface area contributed by atoms with Crippen molar-refractivity contribution in [1.82, 2.24) is 14.9 Å². The van der Waals surface area contributed by atoms with Gasteiger partial charge in [-0.05, 0) is 37.1 Å². The van der Waals surface area contributed by atoms with Gasteiger partial charge < -0.3 is 10.1 Å². The van der Waals surface area contributed by atoms with Crippen molar-refractivity contribution in [2.24, 2.45) is 0 Å². The maximum atomic E-state index is 12.6. The number of hydrogen-bond acceptors (Lipinski definition) is 4. The molecule has 138 valence electrons. The van der Waals surface area contributed by atoms with Crippen molar-refractivity contribution < 1.29 is 9.53 Å². The minimum Gasteiger partial charge on any atom is -0.496 e. The Hall–Kier alpha value is -3.15. The molecule has 4 rings (SSSR count). The summed E-state index contributed by atoms with van der Waals surface area (Å²) in [6, 6.07) is 12.6. The minimum atomic E-state index is -0.206. The maximum Gasteiger partial charge on any atom is 0.261 e. The van der Waals surface area contributed by atoms with E-state index in [9.17, 15) is 9.59 Å². The highest BCUT2D eigenvalue weighted by atomic mass is 16.5. The molecule has 27 heavy (non-hydrogen) atoms. The largest absolute Gasteiger partial charge is 0.496 e. The Kier molecular flexibility index (Phi) is 4.62. The molecule has 0 saturated heterocycles. The molecule has 0 aliphatic carbocycles. The smallest absolute Gasteiger partial charge is 0.261 e. The fourth-order valence-corrected chi connectivity index (χ4v) is 3.51. The minimum absolute atomic E-state index is 0.0179. The summed E-state index contributed by atoms with van der Waals surface area (Å²) in [6.07, 6.45) is 2.84. The second-order valence-electron chi connectivity index (χ2n) is 6.67. The van der Waals surface area contributed by atoms with E-state index >= 15 is 0 Å². The van der Waals surface area contributed by atoms with Crippen LogP contribution in [0.3, 0.4) is 0 Å². The van der Waals surface area contributed by atoms with Gasteiger partial charge in [0, 0.05) is 30.6 Å². The Morgan fingerprint density at radius 3 is 2.93 bits per heavy atom. The van der Waals surface area contributed by atoms with Gasteiger partial charge in [-0.25, -0.2) is 4.98 Å². The number of hydrogen-bond donors (Lipinski definition) is 1. The Bertz CT molecular complexity index is 1070. The van der Waals surface area contributed by atoms with Crippen LogP contribution in [0.25, 0.3) is 10.9 Å². The normalized spacial score (nSPS) is 13.2. The van der Waals surface area contributed by atoms with Crippen LogP contribution in [0.5, 0.6) is 5.75 Å². The Labute approximate surface area is 156 Å². The van der Waals surface area contributed by atoms with E-state index < -0.39 is 0 Å². The molecule has 6 nitrogen and oxygen atoms in total. The Morgan fingerprint density at radius 1 is 1.22 bits per heavy atom. The number of amides is 1. The first-order chi connectivity index (χ1) is 13.2. The summed E-state index contributed by atoms with van der Waals surface area (Å²) >= 11 is 0. The number of benzene rings is 2. The fraction of sp³-hybridized carbons (Fsp3) is 0.286. The van der Waals surface area contributed by atoms with Gasteiger partial charge in [0.05, 0.1) is 18.0 Å². The van der Waals surface area contributed by atoms with Crippen LogP contribution in [-0.4, -0.2) is 22.6 Å². The van der Waals surface area contributed by atoms with Gasteiger partial charge in [-0.15, -0.1) is 0 Å². The van der Waals surface area contributed by atoms with Crippen molar-refractivity contribution in [3.05, 3.63) is 69.8 Å². The SMILES string of the molecule is COc1ccccc1CNC(=O)c1ccc2c(=O)n3c(nc2c1)CCCC3. The molecule has 1 aromatic heterocycles. The zero-order valence-electron chi connectivity index (χ0n) is 15.2. The van der Waals surface area contributed by atoms with Gasteiger partial charge >= 0.3 is 0 Å². The summed E-state index contributed by atoms with van der Waals surface area (Å²) in [5, 5.41) is 3.46. The van der Waals surface area contributed by atoms with Gasteiger partial charge in [-0.3, -0.25) is 14.2 Å². The predicted molar refractivity (Wildman–Crippen MR) is 103 cm³/mol. The van der Waals surface area contributed by atoms with Gasteiger partial charge in [0.15, 0.2) is 0 Å². The standard InChI is InChI=1S/C21H21N3O3/c1-27-18-7-3-2-6-15(18)13-22-20(25)14-9-10-16-17(12-14)23-19-8-4-5-11-24(19)21(16)26/h2-3,6-7,9-10,12H,4-5,8,11,13H2,1H3,(H,22,25). The average Bonchev–Trinajstić information content (AvgIpc) is 2.72. The van der Waals surface area contributed by atoms with Crippen LogP contribution in [0.1, 0.15) is 34.6 Å². The van der Waals surface area contributed by atoms with E-state index in [0.29, 0.717) is 23.0 Å². The number of carbonyl (C=O) groups is 1. The van der Waals surface area contributed by atoms with Crippen LogP contribution >= 0.6 is 0 Å². The predicted octanol–water partition coefficient (Wildman–Crippen LogP) is 2.67. The van der Waals surface area contributed by atoms with E-state index in [2.05, 4.69) is 10.3 Å². The second kappa shape index (κ2) is 7.23. The molecular formula is C21H21N3O3. The van der Waals surface area contributed by atoms with Gasteiger partial charge in [-0.1, -0.05) is 18.2 Å².